The number of carbonyl (C=O) groups is 3. The summed E-state index contributed by atoms with van der Waals surface area (Å²) >= 11 is 0. The number of nitrogens with one attached hydrogen (secondary N) is 2. The fourth-order valence-electron chi connectivity index (χ4n) is 3.24. The summed E-state index contributed by atoms with van der Waals surface area (Å²) < 4.78 is 31.4. The molecular weight excluding hydrogens is 470 g/mol. The van der Waals surface area contributed by atoms with Gasteiger partial charge in [0.1, 0.15) is 0 Å². The Balaban J connectivity index is 1.49. The molecule has 1 aliphatic rings. The highest BCUT2D eigenvalue weighted by Gasteiger charge is 2.24. The predicted octanol–water partition coefficient (Wildman–Crippen LogP) is 2.80. The van der Waals surface area contributed by atoms with Gasteiger partial charge in [0.25, 0.3) is 11.8 Å². The molecule has 2 amide bonds. The maximum absolute atomic E-state index is 12.5. The summed E-state index contributed by atoms with van der Waals surface area (Å²) in [6.45, 7) is 3.80. The van der Waals surface area contributed by atoms with Gasteiger partial charge in [-0.3, -0.25) is 9.59 Å². The van der Waals surface area contributed by atoms with Crippen LogP contribution in [-0.2, 0) is 24.3 Å². The first-order chi connectivity index (χ1) is 16.7. The van der Waals surface area contributed by atoms with Crippen molar-refractivity contribution in [3.63, 3.8) is 0 Å². The van der Waals surface area contributed by atoms with Crippen molar-refractivity contribution in [1.82, 2.24) is 9.62 Å². The molecule has 0 radical (unpaired) electrons. The maximum Gasteiger partial charge on any atom is 0.331 e. The van der Waals surface area contributed by atoms with Crippen molar-refractivity contribution in [3.8, 4) is 0 Å². The number of anilines is 1. The first-order valence-electron chi connectivity index (χ1n) is 11.4. The number of ether oxygens (including phenoxy) is 1. The SMILES string of the molecule is CCN(CC)S(=O)(=O)c1ccc(/C=C/C(=O)OCC(=O)Nc2cccc(C(=O)NC3CC3)c2)cc1. The van der Waals surface area contributed by atoms with Crippen molar-refractivity contribution in [1.29, 1.82) is 0 Å². The number of amides is 2. The lowest BCUT2D eigenvalue weighted by Crippen LogP contribution is -2.30. The number of esters is 1. The number of benzene rings is 2. The molecule has 0 aliphatic heterocycles. The topological polar surface area (TPSA) is 122 Å². The second kappa shape index (κ2) is 11.8. The molecular formula is C25H29N3O6S. The van der Waals surface area contributed by atoms with Crippen LogP contribution in [0.5, 0.6) is 0 Å². The number of rotatable bonds is 11. The minimum absolute atomic E-state index is 0.173. The Labute approximate surface area is 205 Å². The van der Waals surface area contributed by atoms with Crippen LogP contribution in [0.4, 0.5) is 5.69 Å². The van der Waals surface area contributed by atoms with Crippen LogP contribution in [0.1, 0.15) is 42.6 Å². The molecule has 0 saturated heterocycles. The molecule has 1 aliphatic carbocycles. The summed E-state index contributed by atoms with van der Waals surface area (Å²) in [5, 5.41) is 5.47. The van der Waals surface area contributed by atoms with Crippen LogP contribution < -0.4 is 10.6 Å². The maximum atomic E-state index is 12.5. The van der Waals surface area contributed by atoms with Crippen molar-refractivity contribution in [2.45, 2.75) is 37.6 Å². The molecule has 1 saturated carbocycles. The van der Waals surface area contributed by atoms with E-state index in [1.54, 1.807) is 50.2 Å². The molecule has 0 atom stereocenters. The average Bonchev–Trinajstić information content (AvgIpc) is 3.66. The molecule has 0 bridgehead atoms. The molecule has 0 aromatic heterocycles. The number of carbonyl (C=O) groups excluding carboxylic acids is 3. The van der Waals surface area contributed by atoms with Crippen LogP contribution in [0.25, 0.3) is 6.08 Å². The van der Waals surface area contributed by atoms with Crippen molar-refractivity contribution in [2.24, 2.45) is 0 Å². The van der Waals surface area contributed by atoms with E-state index in [0.29, 0.717) is 29.9 Å². The molecule has 2 aromatic carbocycles. The number of nitrogens with zero attached hydrogens (tertiary/aromatic N) is 1. The van der Waals surface area contributed by atoms with Crippen LogP contribution in [0, 0.1) is 0 Å². The van der Waals surface area contributed by atoms with Crippen LogP contribution in [0.3, 0.4) is 0 Å². The molecule has 0 spiro atoms. The molecule has 10 heteroatoms. The molecule has 2 aromatic rings. The highest BCUT2D eigenvalue weighted by atomic mass is 32.2. The predicted molar refractivity (Wildman–Crippen MR) is 132 cm³/mol. The first kappa shape index (κ1) is 26.1. The Bertz CT molecular complexity index is 1200. The van der Waals surface area contributed by atoms with Gasteiger partial charge in [-0.2, -0.15) is 4.31 Å². The highest BCUT2D eigenvalue weighted by Crippen LogP contribution is 2.20. The number of hydrogen-bond acceptors (Lipinski definition) is 6. The van der Waals surface area contributed by atoms with Gasteiger partial charge in [0.2, 0.25) is 10.0 Å². The van der Waals surface area contributed by atoms with E-state index in [9.17, 15) is 22.8 Å². The zero-order valence-electron chi connectivity index (χ0n) is 19.7. The zero-order chi connectivity index (χ0) is 25.4. The minimum atomic E-state index is -3.55. The quantitative estimate of drug-likeness (QED) is 0.362. The molecule has 186 valence electrons. The number of sulfonamides is 1. The minimum Gasteiger partial charge on any atom is -0.452 e. The van der Waals surface area contributed by atoms with Gasteiger partial charge in [0, 0.05) is 36.5 Å². The third kappa shape index (κ3) is 7.49. The van der Waals surface area contributed by atoms with Crippen molar-refractivity contribution >= 4 is 39.6 Å². The zero-order valence-corrected chi connectivity index (χ0v) is 20.5. The van der Waals surface area contributed by atoms with Gasteiger partial charge in [-0.1, -0.05) is 32.0 Å². The van der Waals surface area contributed by atoms with E-state index >= 15 is 0 Å². The second-order valence-corrected chi connectivity index (χ2v) is 9.91. The van der Waals surface area contributed by atoms with Gasteiger partial charge in [0.05, 0.1) is 4.90 Å². The van der Waals surface area contributed by atoms with Crippen LogP contribution in [-0.4, -0.2) is 56.2 Å². The molecule has 35 heavy (non-hydrogen) atoms. The molecule has 2 N–H and O–H groups in total. The largest absolute Gasteiger partial charge is 0.452 e. The van der Waals surface area contributed by atoms with E-state index in [4.69, 9.17) is 4.74 Å². The summed E-state index contributed by atoms with van der Waals surface area (Å²) in [6.07, 6.45) is 4.58. The first-order valence-corrected chi connectivity index (χ1v) is 12.8. The van der Waals surface area contributed by atoms with Crippen LogP contribution >= 0.6 is 0 Å². The summed E-state index contributed by atoms with van der Waals surface area (Å²) in [7, 11) is -3.55. The Morgan fingerprint density at radius 1 is 1.06 bits per heavy atom. The Kier molecular flexibility index (Phi) is 8.78. The monoisotopic (exact) mass is 499 g/mol. The highest BCUT2D eigenvalue weighted by molar-refractivity contribution is 7.89. The van der Waals surface area contributed by atoms with Crippen molar-refractivity contribution in [3.05, 3.63) is 65.7 Å². The average molecular weight is 500 g/mol. The summed E-state index contributed by atoms with van der Waals surface area (Å²) in [6, 6.07) is 12.9. The second-order valence-electron chi connectivity index (χ2n) is 7.98. The van der Waals surface area contributed by atoms with Gasteiger partial charge in [0.15, 0.2) is 6.61 Å². The van der Waals surface area contributed by atoms with E-state index in [2.05, 4.69) is 10.6 Å². The fraction of sp³-hybridized carbons (Fsp3) is 0.320. The van der Waals surface area contributed by atoms with Crippen molar-refractivity contribution in [2.75, 3.05) is 25.0 Å². The lowest BCUT2D eigenvalue weighted by atomic mass is 10.2. The third-order valence-corrected chi connectivity index (χ3v) is 7.37. The van der Waals surface area contributed by atoms with E-state index in [1.165, 1.54) is 22.5 Å². The van der Waals surface area contributed by atoms with E-state index in [-0.39, 0.29) is 16.8 Å². The fourth-order valence-corrected chi connectivity index (χ4v) is 4.70. The summed E-state index contributed by atoms with van der Waals surface area (Å²) in [4.78, 5) is 36.4. The normalized spacial score (nSPS) is 13.6. The van der Waals surface area contributed by atoms with Gasteiger partial charge in [-0.25, -0.2) is 13.2 Å². The molecule has 0 heterocycles. The molecule has 1 fully saturated rings. The smallest absolute Gasteiger partial charge is 0.331 e. The van der Waals surface area contributed by atoms with Gasteiger partial charge in [-0.05, 0) is 54.8 Å². The van der Waals surface area contributed by atoms with Gasteiger partial charge in [-0.15, -0.1) is 0 Å². The standard InChI is InChI=1S/C25H29N3O6S/c1-3-28(4-2)35(32,33)22-13-8-18(9-14-22)10-15-24(30)34-17-23(29)26-21-7-5-6-19(16-21)25(31)27-20-11-12-20/h5-10,13-16,20H,3-4,11-12,17H2,1-2H3,(H,26,29)(H,27,31)/b15-10+. The lowest BCUT2D eigenvalue weighted by Gasteiger charge is -2.18. The molecule has 0 unspecified atom stereocenters. The van der Waals surface area contributed by atoms with E-state index in [0.717, 1.165) is 18.9 Å². The van der Waals surface area contributed by atoms with Crippen LogP contribution in [0.2, 0.25) is 0 Å². The Hall–Kier alpha value is -3.50. The number of hydrogen-bond donors (Lipinski definition) is 2. The van der Waals surface area contributed by atoms with Gasteiger partial charge < -0.3 is 15.4 Å². The molecule has 3 rings (SSSR count). The lowest BCUT2D eigenvalue weighted by molar-refractivity contribution is -0.142. The Morgan fingerprint density at radius 3 is 2.37 bits per heavy atom. The van der Waals surface area contributed by atoms with Gasteiger partial charge >= 0.3 is 5.97 Å². The van der Waals surface area contributed by atoms with Crippen molar-refractivity contribution < 1.29 is 27.5 Å². The van der Waals surface area contributed by atoms with E-state index in [1.807, 2.05) is 0 Å². The third-order valence-electron chi connectivity index (χ3n) is 5.30. The Morgan fingerprint density at radius 2 is 1.74 bits per heavy atom. The van der Waals surface area contributed by atoms with E-state index < -0.39 is 28.5 Å². The summed E-state index contributed by atoms with van der Waals surface area (Å²) in [5.74, 6) is -1.46. The molecule has 9 nitrogen and oxygen atoms in total. The summed E-state index contributed by atoms with van der Waals surface area (Å²) in [5.41, 5.74) is 1.46. The van der Waals surface area contributed by atoms with Crippen LogP contribution in [0.15, 0.2) is 59.5 Å².